The molecule has 0 aromatic rings. The zero-order valence-electron chi connectivity index (χ0n) is 12.3. The fourth-order valence-corrected chi connectivity index (χ4v) is 2.07. The van der Waals surface area contributed by atoms with Crippen LogP contribution in [0.3, 0.4) is 0 Å². The molecule has 0 spiro atoms. The number of Topliss-reactive ketones (excluding diaryl/α,β-unsaturated/α-hetero) is 1. The van der Waals surface area contributed by atoms with E-state index in [1.165, 1.54) is 18.7 Å². The van der Waals surface area contributed by atoms with Crippen LogP contribution in [-0.4, -0.2) is 78.9 Å². The quantitative estimate of drug-likeness (QED) is 0.478. The predicted octanol–water partition coefficient (Wildman–Crippen LogP) is -1.54. The Morgan fingerprint density at radius 3 is 2.20 bits per heavy atom. The second-order valence-corrected chi connectivity index (χ2v) is 5.58. The summed E-state index contributed by atoms with van der Waals surface area (Å²) in [4.78, 5) is 36.5. The SMILES string of the molecule is CSC[C@@H](NC(=O)[C@H](CO)NC(=O)CN(C)C)C(C)=O. The lowest BCUT2D eigenvalue weighted by atomic mass is 10.2. The summed E-state index contributed by atoms with van der Waals surface area (Å²) < 4.78 is 0. The Labute approximate surface area is 123 Å². The molecule has 0 saturated carbocycles. The number of ketones is 1. The van der Waals surface area contributed by atoms with Crippen LogP contribution in [0, 0.1) is 0 Å². The molecule has 0 aliphatic heterocycles. The number of likely N-dealkylation sites (N-methyl/N-ethyl adjacent to an activating group) is 1. The van der Waals surface area contributed by atoms with E-state index in [1.54, 1.807) is 19.0 Å². The summed E-state index contributed by atoms with van der Waals surface area (Å²) >= 11 is 1.43. The average molecular weight is 305 g/mol. The molecule has 0 aromatic carbocycles. The van der Waals surface area contributed by atoms with Gasteiger partial charge in [0.05, 0.1) is 19.2 Å². The van der Waals surface area contributed by atoms with Crippen LogP contribution >= 0.6 is 11.8 Å². The average Bonchev–Trinajstić information content (AvgIpc) is 2.34. The molecule has 0 unspecified atom stereocenters. The van der Waals surface area contributed by atoms with Crippen molar-refractivity contribution in [3.05, 3.63) is 0 Å². The lowest BCUT2D eigenvalue weighted by Crippen LogP contribution is -2.54. The van der Waals surface area contributed by atoms with E-state index in [4.69, 9.17) is 0 Å². The highest BCUT2D eigenvalue weighted by Crippen LogP contribution is 1.99. The molecule has 0 aromatic heterocycles. The molecular weight excluding hydrogens is 282 g/mol. The number of thioether (sulfide) groups is 1. The minimum absolute atomic E-state index is 0.116. The number of rotatable bonds is 9. The van der Waals surface area contributed by atoms with Crippen LogP contribution in [-0.2, 0) is 14.4 Å². The molecule has 0 bridgehead atoms. The van der Waals surface area contributed by atoms with Gasteiger partial charge in [0.2, 0.25) is 11.8 Å². The molecule has 0 heterocycles. The fourth-order valence-electron chi connectivity index (χ4n) is 1.42. The Morgan fingerprint density at radius 2 is 1.80 bits per heavy atom. The monoisotopic (exact) mass is 305 g/mol. The molecule has 0 aliphatic carbocycles. The van der Waals surface area contributed by atoms with Gasteiger partial charge in [-0.15, -0.1) is 0 Å². The molecule has 0 rings (SSSR count). The molecule has 2 atom stereocenters. The molecule has 8 heteroatoms. The number of aliphatic hydroxyl groups excluding tert-OH is 1. The molecule has 0 fully saturated rings. The Kier molecular flexibility index (Phi) is 9.19. The van der Waals surface area contributed by atoms with Crippen molar-refractivity contribution < 1.29 is 19.5 Å². The summed E-state index contributed by atoms with van der Waals surface area (Å²) in [6.07, 6.45) is 1.82. The first-order valence-electron chi connectivity index (χ1n) is 6.16. The zero-order valence-corrected chi connectivity index (χ0v) is 13.1. The van der Waals surface area contributed by atoms with Crippen molar-refractivity contribution >= 4 is 29.4 Å². The third-order valence-electron chi connectivity index (χ3n) is 2.43. The summed E-state index contributed by atoms with van der Waals surface area (Å²) in [6, 6.07) is -1.66. The van der Waals surface area contributed by atoms with Crippen LogP contribution in [0.25, 0.3) is 0 Å². The van der Waals surface area contributed by atoms with Crippen LogP contribution in [0.5, 0.6) is 0 Å². The van der Waals surface area contributed by atoms with E-state index in [9.17, 15) is 19.5 Å². The molecule has 7 nitrogen and oxygen atoms in total. The molecule has 0 saturated heterocycles. The molecule has 3 N–H and O–H groups in total. The number of carbonyl (C=O) groups excluding carboxylic acids is 3. The van der Waals surface area contributed by atoms with Gasteiger partial charge < -0.3 is 20.6 Å². The number of aliphatic hydroxyl groups is 1. The van der Waals surface area contributed by atoms with E-state index in [1.807, 2.05) is 6.26 Å². The highest BCUT2D eigenvalue weighted by Gasteiger charge is 2.24. The van der Waals surface area contributed by atoms with E-state index in [0.717, 1.165) is 0 Å². The number of hydrogen-bond donors (Lipinski definition) is 3. The molecular formula is C12H23N3O4S. The van der Waals surface area contributed by atoms with E-state index in [-0.39, 0.29) is 18.2 Å². The summed E-state index contributed by atoms with van der Waals surface area (Å²) in [7, 11) is 3.44. The molecule has 20 heavy (non-hydrogen) atoms. The van der Waals surface area contributed by atoms with Crippen molar-refractivity contribution in [2.75, 3.05) is 39.3 Å². The van der Waals surface area contributed by atoms with Crippen LogP contribution in [0.1, 0.15) is 6.92 Å². The molecule has 0 aliphatic rings. The number of nitrogens with one attached hydrogen (secondary N) is 2. The maximum Gasteiger partial charge on any atom is 0.245 e. The van der Waals surface area contributed by atoms with Crippen LogP contribution in [0.4, 0.5) is 0 Å². The largest absolute Gasteiger partial charge is 0.394 e. The number of hydrogen-bond acceptors (Lipinski definition) is 6. The minimum Gasteiger partial charge on any atom is -0.394 e. The minimum atomic E-state index is -1.05. The molecule has 0 radical (unpaired) electrons. The van der Waals surface area contributed by atoms with Gasteiger partial charge in [-0.05, 0) is 27.3 Å². The van der Waals surface area contributed by atoms with Gasteiger partial charge in [-0.25, -0.2) is 0 Å². The van der Waals surface area contributed by atoms with Gasteiger partial charge in [-0.3, -0.25) is 14.4 Å². The first kappa shape index (κ1) is 18.9. The first-order valence-corrected chi connectivity index (χ1v) is 7.55. The van der Waals surface area contributed by atoms with Crippen LogP contribution in [0.2, 0.25) is 0 Å². The summed E-state index contributed by atoms with van der Waals surface area (Å²) in [5.41, 5.74) is 0. The fraction of sp³-hybridized carbons (Fsp3) is 0.750. The number of amides is 2. The Bertz CT molecular complexity index is 350. The highest BCUT2D eigenvalue weighted by atomic mass is 32.2. The van der Waals surface area contributed by atoms with Gasteiger partial charge in [0, 0.05) is 5.75 Å². The molecule has 2 amide bonds. The first-order chi connectivity index (χ1) is 9.31. The Morgan fingerprint density at radius 1 is 1.20 bits per heavy atom. The summed E-state index contributed by atoms with van der Waals surface area (Å²) in [5.74, 6) is -0.642. The van der Waals surface area contributed by atoms with Crippen LogP contribution < -0.4 is 10.6 Å². The van der Waals surface area contributed by atoms with Gasteiger partial charge >= 0.3 is 0 Å². The van der Waals surface area contributed by atoms with Crippen molar-refractivity contribution in [3.63, 3.8) is 0 Å². The predicted molar refractivity (Wildman–Crippen MR) is 78.6 cm³/mol. The lowest BCUT2D eigenvalue weighted by molar-refractivity contribution is -0.132. The van der Waals surface area contributed by atoms with Gasteiger partial charge in [-0.1, -0.05) is 0 Å². The van der Waals surface area contributed by atoms with E-state index in [0.29, 0.717) is 5.75 Å². The number of nitrogens with zero attached hydrogens (tertiary/aromatic N) is 1. The number of carbonyl (C=O) groups is 3. The van der Waals surface area contributed by atoms with E-state index < -0.39 is 24.6 Å². The van der Waals surface area contributed by atoms with Gasteiger partial charge in [0.25, 0.3) is 0 Å². The maximum absolute atomic E-state index is 11.9. The second kappa shape index (κ2) is 9.73. The Hall–Kier alpha value is -1.12. The Balaban J connectivity index is 4.53. The van der Waals surface area contributed by atoms with Crippen molar-refractivity contribution in [1.29, 1.82) is 0 Å². The summed E-state index contributed by atoms with van der Waals surface area (Å²) in [5, 5.41) is 14.1. The van der Waals surface area contributed by atoms with Crippen molar-refractivity contribution in [2.45, 2.75) is 19.0 Å². The van der Waals surface area contributed by atoms with Gasteiger partial charge in [0.1, 0.15) is 6.04 Å². The van der Waals surface area contributed by atoms with E-state index >= 15 is 0 Å². The maximum atomic E-state index is 11.9. The second-order valence-electron chi connectivity index (χ2n) is 4.67. The van der Waals surface area contributed by atoms with Crippen LogP contribution in [0.15, 0.2) is 0 Å². The van der Waals surface area contributed by atoms with Gasteiger partial charge in [0.15, 0.2) is 5.78 Å². The normalized spacial score (nSPS) is 13.7. The van der Waals surface area contributed by atoms with Gasteiger partial charge in [-0.2, -0.15) is 11.8 Å². The topological polar surface area (TPSA) is 98.7 Å². The third kappa shape index (κ3) is 7.46. The van der Waals surface area contributed by atoms with E-state index in [2.05, 4.69) is 10.6 Å². The zero-order chi connectivity index (χ0) is 15.7. The molecule has 116 valence electrons. The van der Waals surface area contributed by atoms with Crippen molar-refractivity contribution in [2.24, 2.45) is 0 Å². The smallest absolute Gasteiger partial charge is 0.245 e. The third-order valence-corrected chi connectivity index (χ3v) is 3.10. The van der Waals surface area contributed by atoms with Crippen molar-refractivity contribution in [1.82, 2.24) is 15.5 Å². The van der Waals surface area contributed by atoms with Crippen molar-refractivity contribution in [3.8, 4) is 0 Å². The summed E-state index contributed by atoms with van der Waals surface area (Å²) in [6.45, 7) is 0.985. The lowest BCUT2D eigenvalue weighted by Gasteiger charge is -2.21. The standard InChI is InChI=1S/C12H23N3O4S/c1-8(17)10(7-20-4)14-12(19)9(6-16)13-11(18)5-15(2)3/h9-10,16H,5-7H2,1-4H3,(H,13,18)(H,14,19)/t9-,10+/m0/s1. The highest BCUT2D eigenvalue weighted by molar-refractivity contribution is 7.98.